The molecule has 42 heavy (non-hydrogen) atoms. The van der Waals surface area contributed by atoms with Gasteiger partial charge < -0.3 is 31.8 Å². The number of carboxylic acids is 1. The quantitative estimate of drug-likeness (QED) is 0.162. The van der Waals surface area contributed by atoms with Gasteiger partial charge in [-0.3, -0.25) is 14.4 Å². The van der Waals surface area contributed by atoms with E-state index in [1.807, 2.05) is 75.4 Å². The second-order valence-corrected chi connectivity index (χ2v) is 11.0. The number of aromatic nitrogens is 1. The molecule has 6 unspecified atom stereocenters. The fourth-order valence-electron chi connectivity index (χ4n) is 4.85. The van der Waals surface area contributed by atoms with E-state index in [0.29, 0.717) is 19.3 Å². The monoisotopic (exact) mass is 577 g/mol. The molecular formula is C32H43N5O5. The van der Waals surface area contributed by atoms with Crippen molar-refractivity contribution in [2.45, 2.75) is 77.5 Å². The van der Waals surface area contributed by atoms with E-state index in [9.17, 15) is 24.3 Å². The molecule has 0 fully saturated rings. The van der Waals surface area contributed by atoms with Crippen molar-refractivity contribution < 1.29 is 24.3 Å². The Hall–Kier alpha value is -4.18. The summed E-state index contributed by atoms with van der Waals surface area (Å²) < 4.78 is 0. The van der Waals surface area contributed by atoms with Crippen molar-refractivity contribution >= 4 is 34.6 Å². The van der Waals surface area contributed by atoms with Crippen LogP contribution in [0.5, 0.6) is 0 Å². The number of fused-ring (bicyclic) bond motifs is 1. The van der Waals surface area contributed by atoms with Gasteiger partial charge in [-0.2, -0.15) is 0 Å². The molecule has 0 radical (unpaired) electrons. The molecule has 0 aliphatic carbocycles. The van der Waals surface area contributed by atoms with E-state index in [1.165, 1.54) is 0 Å². The minimum absolute atomic E-state index is 0.114. The van der Waals surface area contributed by atoms with Crippen LogP contribution in [0.25, 0.3) is 10.9 Å². The topological polar surface area (TPSA) is 166 Å². The summed E-state index contributed by atoms with van der Waals surface area (Å²) in [7, 11) is 0. The van der Waals surface area contributed by atoms with Gasteiger partial charge in [-0.25, -0.2) is 4.79 Å². The first-order chi connectivity index (χ1) is 20.0. The van der Waals surface area contributed by atoms with Gasteiger partial charge in [0, 0.05) is 23.5 Å². The number of aliphatic carboxylic acids is 1. The van der Waals surface area contributed by atoms with Crippen molar-refractivity contribution in [1.82, 2.24) is 20.9 Å². The third kappa shape index (κ3) is 8.42. The van der Waals surface area contributed by atoms with Gasteiger partial charge in [-0.15, -0.1) is 0 Å². The lowest BCUT2D eigenvalue weighted by molar-refractivity contribution is -0.143. The maximum Gasteiger partial charge on any atom is 0.326 e. The molecule has 0 bridgehead atoms. The van der Waals surface area contributed by atoms with Crippen molar-refractivity contribution in [3.05, 3.63) is 71.9 Å². The van der Waals surface area contributed by atoms with Crippen LogP contribution in [0.4, 0.5) is 0 Å². The number of amides is 3. The number of para-hydroxylation sites is 1. The maximum atomic E-state index is 13.7. The largest absolute Gasteiger partial charge is 0.480 e. The predicted molar refractivity (Wildman–Crippen MR) is 162 cm³/mol. The molecule has 3 rings (SSSR count). The van der Waals surface area contributed by atoms with E-state index in [4.69, 9.17) is 5.73 Å². The first kappa shape index (κ1) is 32.3. The van der Waals surface area contributed by atoms with E-state index in [0.717, 1.165) is 22.0 Å². The number of nitrogens with two attached hydrogens (primary N) is 1. The Labute approximate surface area is 246 Å². The Balaban J connectivity index is 1.84. The van der Waals surface area contributed by atoms with E-state index in [2.05, 4.69) is 20.9 Å². The number of H-pyrrole nitrogens is 1. The van der Waals surface area contributed by atoms with Crippen LogP contribution in [0.15, 0.2) is 60.8 Å². The Kier molecular flexibility index (Phi) is 11.7. The van der Waals surface area contributed by atoms with Gasteiger partial charge in [-0.05, 0) is 35.4 Å². The van der Waals surface area contributed by atoms with Crippen LogP contribution in [-0.4, -0.2) is 57.9 Å². The Morgan fingerprint density at radius 1 is 0.786 bits per heavy atom. The fourth-order valence-corrected chi connectivity index (χ4v) is 4.85. The predicted octanol–water partition coefficient (Wildman–Crippen LogP) is 2.91. The molecule has 10 heteroatoms. The van der Waals surface area contributed by atoms with E-state index < -0.39 is 47.9 Å². The number of carboxylic acid groups (broad SMARTS) is 1. The number of hydrogen-bond donors (Lipinski definition) is 6. The standard InChI is InChI=1S/C32H43N5O5/c1-5-19(3)27(36-29(38)24(33)16-21-12-8-7-9-13-21)31(40)35-26(30(39)37-28(32(41)42)20(4)6-2)17-22-18-34-25-15-11-10-14-23(22)25/h7-15,18-20,24,26-28,34H,5-6,16-17,33H2,1-4H3,(H,35,40)(H,36,38)(H,37,39)(H,41,42). The molecule has 1 aromatic heterocycles. The zero-order valence-electron chi connectivity index (χ0n) is 24.7. The van der Waals surface area contributed by atoms with Crippen LogP contribution in [-0.2, 0) is 32.0 Å². The van der Waals surface area contributed by atoms with Gasteiger partial charge in [0.05, 0.1) is 6.04 Å². The Morgan fingerprint density at radius 2 is 1.38 bits per heavy atom. The second kappa shape index (κ2) is 15.2. The van der Waals surface area contributed by atoms with Gasteiger partial charge in [-0.1, -0.05) is 89.1 Å². The van der Waals surface area contributed by atoms with Crippen LogP contribution in [0.2, 0.25) is 0 Å². The molecular weight excluding hydrogens is 534 g/mol. The molecule has 0 spiro atoms. The Bertz CT molecular complexity index is 1360. The highest BCUT2D eigenvalue weighted by Crippen LogP contribution is 2.20. The van der Waals surface area contributed by atoms with Crippen molar-refractivity contribution in [2.75, 3.05) is 0 Å². The molecule has 2 aromatic carbocycles. The number of carbonyl (C=O) groups is 4. The first-order valence-corrected chi connectivity index (χ1v) is 14.5. The summed E-state index contributed by atoms with van der Waals surface area (Å²) in [5, 5.41) is 18.9. The summed E-state index contributed by atoms with van der Waals surface area (Å²) in [6.45, 7) is 7.34. The molecule has 1 heterocycles. The minimum Gasteiger partial charge on any atom is -0.480 e. The highest BCUT2D eigenvalue weighted by Gasteiger charge is 2.34. The first-order valence-electron chi connectivity index (χ1n) is 14.5. The zero-order chi connectivity index (χ0) is 30.8. The number of nitrogens with one attached hydrogen (secondary N) is 4. The molecule has 6 atom stereocenters. The number of aromatic amines is 1. The molecule has 0 aliphatic heterocycles. The van der Waals surface area contributed by atoms with Crippen LogP contribution in [0.3, 0.4) is 0 Å². The average Bonchev–Trinajstić information content (AvgIpc) is 3.40. The summed E-state index contributed by atoms with van der Waals surface area (Å²) in [5.41, 5.74) is 8.75. The van der Waals surface area contributed by atoms with Crippen LogP contribution < -0.4 is 21.7 Å². The van der Waals surface area contributed by atoms with Gasteiger partial charge >= 0.3 is 5.97 Å². The molecule has 0 aliphatic rings. The minimum atomic E-state index is -1.15. The molecule has 0 saturated carbocycles. The van der Waals surface area contributed by atoms with Crippen molar-refractivity contribution in [3.63, 3.8) is 0 Å². The summed E-state index contributed by atoms with van der Waals surface area (Å²) >= 11 is 0. The van der Waals surface area contributed by atoms with Crippen LogP contribution in [0.1, 0.15) is 51.7 Å². The molecule has 226 valence electrons. The van der Waals surface area contributed by atoms with E-state index >= 15 is 0 Å². The van der Waals surface area contributed by atoms with E-state index in [1.54, 1.807) is 13.1 Å². The number of benzene rings is 2. The van der Waals surface area contributed by atoms with Gasteiger partial charge in [0.1, 0.15) is 18.1 Å². The summed E-state index contributed by atoms with van der Waals surface area (Å²) in [5.74, 6) is -3.36. The van der Waals surface area contributed by atoms with Gasteiger partial charge in [0.15, 0.2) is 0 Å². The third-order valence-electron chi connectivity index (χ3n) is 7.94. The maximum absolute atomic E-state index is 13.7. The average molecular weight is 578 g/mol. The second-order valence-electron chi connectivity index (χ2n) is 11.0. The normalized spacial score (nSPS) is 15.5. The summed E-state index contributed by atoms with van der Waals surface area (Å²) in [4.78, 5) is 55.5. The summed E-state index contributed by atoms with van der Waals surface area (Å²) in [6.07, 6.45) is 3.32. The number of rotatable bonds is 15. The van der Waals surface area contributed by atoms with Crippen molar-refractivity contribution in [3.8, 4) is 0 Å². The molecule has 10 nitrogen and oxygen atoms in total. The fraction of sp³-hybridized carbons (Fsp3) is 0.438. The molecule has 7 N–H and O–H groups in total. The van der Waals surface area contributed by atoms with Crippen LogP contribution in [0, 0.1) is 11.8 Å². The van der Waals surface area contributed by atoms with Crippen LogP contribution >= 0.6 is 0 Å². The summed E-state index contributed by atoms with van der Waals surface area (Å²) in [6, 6.07) is 12.9. The van der Waals surface area contributed by atoms with Crippen molar-refractivity contribution in [1.29, 1.82) is 0 Å². The van der Waals surface area contributed by atoms with Gasteiger partial charge in [0.2, 0.25) is 17.7 Å². The number of hydrogen-bond acceptors (Lipinski definition) is 5. The smallest absolute Gasteiger partial charge is 0.326 e. The highest BCUT2D eigenvalue weighted by molar-refractivity contribution is 5.95. The zero-order valence-corrected chi connectivity index (χ0v) is 24.7. The lowest BCUT2D eigenvalue weighted by Crippen LogP contribution is -2.59. The Morgan fingerprint density at radius 3 is 2.02 bits per heavy atom. The SMILES string of the molecule is CCC(C)C(NC(=O)C(Cc1c[nH]c2ccccc12)NC(=O)C(NC(=O)C(N)Cc1ccccc1)C(C)CC)C(=O)O. The third-order valence-corrected chi connectivity index (χ3v) is 7.94. The van der Waals surface area contributed by atoms with Crippen molar-refractivity contribution in [2.24, 2.45) is 17.6 Å². The lowest BCUT2D eigenvalue weighted by Gasteiger charge is -2.28. The number of carbonyl (C=O) groups excluding carboxylic acids is 3. The highest BCUT2D eigenvalue weighted by atomic mass is 16.4. The van der Waals surface area contributed by atoms with Gasteiger partial charge in [0.25, 0.3) is 0 Å². The molecule has 3 aromatic rings. The van der Waals surface area contributed by atoms with E-state index in [-0.39, 0.29) is 18.3 Å². The lowest BCUT2D eigenvalue weighted by atomic mass is 9.95. The molecule has 0 saturated heterocycles. The molecule has 3 amide bonds.